The van der Waals surface area contributed by atoms with Gasteiger partial charge in [0.25, 0.3) is 5.69 Å². The summed E-state index contributed by atoms with van der Waals surface area (Å²) < 4.78 is 4.02. The normalized spacial score (nSPS) is 10.9. The Morgan fingerprint density at radius 2 is 2.11 bits per heavy atom. The topological polar surface area (TPSA) is 93.8 Å². The number of anilines is 1. The number of hydrogen-bond donors (Lipinski definition) is 1. The minimum absolute atomic E-state index is 0.0274. The molecule has 0 unspecified atom stereocenters. The number of nitro groups is 1. The second-order valence-corrected chi connectivity index (χ2v) is 3.35. The van der Waals surface area contributed by atoms with Crippen molar-refractivity contribution in [3.63, 3.8) is 0 Å². The molecule has 0 aliphatic rings. The molecule has 1 N–H and O–H groups in total. The molecule has 0 aromatic heterocycles. The van der Waals surface area contributed by atoms with Crippen LogP contribution < -0.4 is 5.43 Å². The molecule has 0 fully saturated rings. The van der Waals surface area contributed by atoms with Gasteiger partial charge >= 0.3 is 5.97 Å². The number of nitrogens with zero attached hydrogens (tertiary/aromatic N) is 2. The first kappa shape index (κ1) is 13.9. The summed E-state index contributed by atoms with van der Waals surface area (Å²) in [5.74, 6) is -0.742. The summed E-state index contributed by atoms with van der Waals surface area (Å²) in [7, 11) is 0. The van der Waals surface area contributed by atoms with E-state index < -0.39 is 10.9 Å². The highest BCUT2D eigenvalue weighted by atomic mass is 35.5. The highest BCUT2D eigenvalue weighted by Crippen LogP contribution is 2.15. The third-order valence-corrected chi connectivity index (χ3v) is 2.18. The highest BCUT2D eigenvalue weighted by molar-refractivity contribution is 6.40. The number of nitrogens with one attached hydrogen (secondary N) is 1. The van der Waals surface area contributed by atoms with Crippen LogP contribution in [0.4, 0.5) is 11.4 Å². The zero-order valence-electron chi connectivity index (χ0n) is 9.42. The zero-order valence-corrected chi connectivity index (χ0v) is 10.2. The number of halogens is 1. The maximum Gasteiger partial charge on any atom is 0.372 e. The van der Waals surface area contributed by atoms with Gasteiger partial charge in [-0.3, -0.25) is 15.5 Å². The molecule has 0 saturated carbocycles. The Balaban J connectivity index is 2.75. The van der Waals surface area contributed by atoms with Crippen molar-refractivity contribution in [2.75, 3.05) is 5.43 Å². The van der Waals surface area contributed by atoms with Gasteiger partial charge in [-0.25, -0.2) is 4.79 Å². The number of benzene rings is 1. The van der Waals surface area contributed by atoms with Crippen molar-refractivity contribution in [2.24, 2.45) is 5.10 Å². The van der Waals surface area contributed by atoms with Crippen molar-refractivity contribution in [1.82, 2.24) is 0 Å². The Morgan fingerprint density at radius 1 is 1.50 bits per heavy atom. The molecular formula is C10H10ClN3O4. The van der Waals surface area contributed by atoms with Crippen LogP contribution in [-0.4, -0.2) is 16.6 Å². The van der Waals surface area contributed by atoms with Crippen molar-refractivity contribution < 1.29 is 14.0 Å². The van der Waals surface area contributed by atoms with Crippen LogP contribution in [0.1, 0.15) is 13.3 Å². The third-order valence-electron chi connectivity index (χ3n) is 2.04. The molecule has 0 atom stereocenters. The molecule has 0 bridgehead atoms. The molecule has 7 nitrogen and oxygen atoms in total. The van der Waals surface area contributed by atoms with Gasteiger partial charge in [-0.2, -0.15) is 5.10 Å². The van der Waals surface area contributed by atoms with Gasteiger partial charge in [-0.1, -0.05) is 6.92 Å². The van der Waals surface area contributed by atoms with E-state index in [1.165, 1.54) is 24.3 Å². The van der Waals surface area contributed by atoms with Crippen molar-refractivity contribution in [2.45, 2.75) is 13.3 Å². The minimum atomic E-state index is -0.742. The molecule has 1 aromatic rings. The van der Waals surface area contributed by atoms with Crippen LogP contribution in [0.15, 0.2) is 29.4 Å². The maximum atomic E-state index is 11.1. The fourth-order valence-electron chi connectivity index (χ4n) is 1.10. The van der Waals surface area contributed by atoms with Gasteiger partial charge in [0.05, 0.1) is 10.6 Å². The Kier molecular flexibility index (Phi) is 5.06. The predicted octanol–water partition coefficient (Wildman–Crippen LogP) is 2.47. The molecule has 0 saturated heterocycles. The second kappa shape index (κ2) is 6.55. The largest absolute Gasteiger partial charge is 0.372 e. The van der Waals surface area contributed by atoms with E-state index in [9.17, 15) is 14.9 Å². The monoisotopic (exact) mass is 271 g/mol. The van der Waals surface area contributed by atoms with Gasteiger partial charge in [-0.15, -0.1) is 0 Å². The molecular weight excluding hydrogens is 262 g/mol. The summed E-state index contributed by atoms with van der Waals surface area (Å²) in [4.78, 5) is 21.0. The van der Waals surface area contributed by atoms with Crippen LogP contribution in [0.3, 0.4) is 0 Å². The van der Waals surface area contributed by atoms with Crippen LogP contribution in [0.5, 0.6) is 0 Å². The number of hydrogen-bond acceptors (Lipinski definition) is 6. The van der Waals surface area contributed by atoms with Gasteiger partial charge in [-0.05, 0) is 18.6 Å². The van der Waals surface area contributed by atoms with Gasteiger partial charge in [0.2, 0.25) is 0 Å². The number of carbonyl (C=O) groups is 1. The molecule has 96 valence electrons. The van der Waals surface area contributed by atoms with Crippen LogP contribution >= 0.6 is 11.9 Å². The summed E-state index contributed by atoms with van der Waals surface area (Å²) in [6.07, 6.45) is 0.339. The first-order valence-electron chi connectivity index (χ1n) is 4.98. The smallest absolute Gasteiger partial charge is 0.342 e. The van der Waals surface area contributed by atoms with Crippen LogP contribution in [0.2, 0.25) is 0 Å². The first-order chi connectivity index (χ1) is 8.58. The van der Waals surface area contributed by atoms with E-state index in [2.05, 4.69) is 14.8 Å². The van der Waals surface area contributed by atoms with Gasteiger partial charge in [0, 0.05) is 12.1 Å². The summed E-state index contributed by atoms with van der Waals surface area (Å²) in [6, 6.07) is 5.59. The lowest BCUT2D eigenvalue weighted by Gasteiger charge is -2.02. The van der Waals surface area contributed by atoms with E-state index in [1.54, 1.807) is 6.92 Å². The fraction of sp³-hybridized carbons (Fsp3) is 0.200. The number of rotatable bonds is 5. The number of non-ortho nitro benzene ring substituents is 1. The molecule has 0 heterocycles. The molecule has 0 radical (unpaired) electrons. The van der Waals surface area contributed by atoms with Crippen molar-refractivity contribution in [3.8, 4) is 0 Å². The fourth-order valence-corrected chi connectivity index (χ4v) is 1.19. The molecule has 1 rings (SSSR count). The van der Waals surface area contributed by atoms with Crippen LogP contribution in [0, 0.1) is 10.1 Å². The Bertz CT molecular complexity index is 473. The van der Waals surface area contributed by atoms with E-state index in [0.29, 0.717) is 12.1 Å². The van der Waals surface area contributed by atoms with Gasteiger partial charge < -0.3 is 4.29 Å². The van der Waals surface area contributed by atoms with E-state index in [-0.39, 0.29) is 11.4 Å². The van der Waals surface area contributed by atoms with E-state index in [0.717, 1.165) is 0 Å². The standard InChI is InChI=1S/C10H10ClN3O4/c1-2-9(10(15)18-11)13-12-7-3-5-8(6-4-7)14(16)17/h3-6,12H,2H2,1H3/b13-9-. The Morgan fingerprint density at radius 3 is 2.56 bits per heavy atom. The summed E-state index contributed by atoms with van der Waals surface area (Å²) in [5, 5.41) is 14.2. The predicted molar refractivity (Wildman–Crippen MR) is 66.4 cm³/mol. The van der Waals surface area contributed by atoms with Gasteiger partial charge in [0.15, 0.2) is 0 Å². The maximum absolute atomic E-state index is 11.1. The quantitative estimate of drug-likeness (QED) is 0.504. The van der Waals surface area contributed by atoms with Crippen molar-refractivity contribution in [1.29, 1.82) is 0 Å². The summed E-state index contributed by atoms with van der Waals surface area (Å²) in [6.45, 7) is 1.71. The molecule has 0 spiro atoms. The van der Waals surface area contributed by atoms with E-state index >= 15 is 0 Å². The minimum Gasteiger partial charge on any atom is -0.342 e. The number of hydrazone groups is 1. The average molecular weight is 272 g/mol. The first-order valence-corrected chi connectivity index (χ1v) is 5.29. The summed E-state index contributed by atoms with van der Waals surface area (Å²) in [5.41, 5.74) is 3.18. The van der Waals surface area contributed by atoms with Crippen molar-refractivity contribution >= 4 is 34.9 Å². The molecule has 0 aliphatic carbocycles. The van der Waals surface area contributed by atoms with E-state index in [4.69, 9.17) is 11.9 Å². The number of nitro benzene ring substituents is 1. The highest BCUT2D eigenvalue weighted by Gasteiger charge is 2.10. The third kappa shape index (κ3) is 3.70. The Labute approximate surface area is 108 Å². The SMILES string of the molecule is CC/C(=N/Nc1ccc([N+](=O)[O-])cc1)C(=O)OCl. The van der Waals surface area contributed by atoms with Crippen LogP contribution in [-0.2, 0) is 9.08 Å². The van der Waals surface area contributed by atoms with Crippen molar-refractivity contribution in [3.05, 3.63) is 34.4 Å². The Hall–Kier alpha value is -2.15. The molecule has 18 heavy (non-hydrogen) atoms. The molecule has 0 amide bonds. The lowest BCUT2D eigenvalue weighted by molar-refractivity contribution is -0.384. The van der Waals surface area contributed by atoms with Crippen LogP contribution in [0.25, 0.3) is 0 Å². The molecule has 0 aliphatic heterocycles. The summed E-state index contributed by atoms with van der Waals surface area (Å²) >= 11 is 4.93. The number of carbonyl (C=O) groups excluding carboxylic acids is 1. The molecule has 8 heteroatoms. The van der Waals surface area contributed by atoms with E-state index in [1.807, 2.05) is 0 Å². The second-order valence-electron chi connectivity index (χ2n) is 3.19. The lowest BCUT2D eigenvalue weighted by Crippen LogP contribution is -2.14. The zero-order chi connectivity index (χ0) is 13.5. The lowest BCUT2D eigenvalue weighted by atomic mass is 10.3. The van der Waals surface area contributed by atoms with Gasteiger partial charge in [0.1, 0.15) is 17.6 Å². The average Bonchev–Trinajstić information content (AvgIpc) is 2.39. The molecule has 1 aromatic carbocycles.